The lowest BCUT2D eigenvalue weighted by molar-refractivity contribution is 0.0687. The van der Waals surface area contributed by atoms with Crippen molar-refractivity contribution in [2.75, 3.05) is 0 Å². The van der Waals surface area contributed by atoms with Gasteiger partial charge in [0, 0.05) is 6.20 Å². The Kier molecular flexibility index (Phi) is 2.70. The van der Waals surface area contributed by atoms with E-state index in [1.165, 1.54) is 24.4 Å². The van der Waals surface area contributed by atoms with Gasteiger partial charge in [0.05, 0.1) is 5.56 Å². The average molecular weight is 234 g/mol. The normalized spacial score (nSPS) is 10.2. The summed E-state index contributed by atoms with van der Waals surface area (Å²) in [4.78, 5) is 21.4. The number of halogens is 1. The zero-order valence-electron chi connectivity index (χ0n) is 8.50. The summed E-state index contributed by atoms with van der Waals surface area (Å²) in [5, 5.41) is 12.5. The Hall–Kier alpha value is -2.50. The minimum absolute atomic E-state index is 0.0862. The summed E-state index contributed by atoms with van der Waals surface area (Å²) in [7, 11) is 0. The molecule has 1 heterocycles. The number of carboxylic acid groups (broad SMARTS) is 1. The lowest BCUT2D eigenvalue weighted by Gasteiger charge is -2.01. The molecule has 1 aromatic carbocycles. The van der Waals surface area contributed by atoms with Crippen molar-refractivity contribution in [2.45, 2.75) is 0 Å². The zero-order chi connectivity index (χ0) is 12.4. The Morgan fingerprint density at radius 2 is 2.12 bits per heavy atom. The SMILES string of the molecule is O=Cc1cn(-c2ccccc2F)nc1C(=O)O. The van der Waals surface area contributed by atoms with E-state index >= 15 is 0 Å². The molecule has 0 amide bonds. The van der Waals surface area contributed by atoms with Gasteiger partial charge >= 0.3 is 5.97 Å². The number of carbonyl (C=O) groups is 2. The maximum Gasteiger partial charge on any atom is 0.357 e. The number of aromatic nitrogens is 2. The van der Waals surface area contributed by atoms with Crippen LogP contribution in [0.2, 0.25) is 0 Å². The Bertz CT molecular complexity index is 592. The molecule has 86 valence electrons. The maximum absolute atomic E-state index is 13.4. The molecular weight excluding hydrogens is 227 g/mol. The molecule has 0 radical (unpaired) electrons. The number of hydrogen-bond acceptors (Lipinski definition) is 3. The molecule has 0 spiro atoms. The van der Waals surface area contributed by atoms with Crippen molar-refractivity contribution >= 4 is 12.3 Å². The van der Waals surface area contributed by atoms with Crippen LogP contribution in [0.4, 0.5) is 4.39 Å². The first-order chi connectivity index (χ1) is 8.13. The molecule has 0 aliphatic rings. The second kappa shape index (κ2) is 4.17. The topological polar surface area (TPSA) is 72.2 Å². The smallest absolute Gasteiger partial charge is 0.357 e. The third kappa shape index (κ3) is 1.92. The first-order valence-electron chi connectivity index (χ1n) is 4.66. The Balaban J connectivity index is 2.58. The predicted molar refractivity (Wildman–Crippen MR) is 55.9 cm³/mol. The van der Waals surface area contributed by atoms with Gasteiger partial charge in [0.15, 0.2) is 12.0 Å². The van der Waals surface area contributed by atoms with E-state index < -0.39 is 17.5 Å². The molecule has 0 fully saturated rings. The summed E-state index contributed by atoms with van der Waals surface area (Å²) in [5.41, 5.74) is -0.410. The molecule has 5 nitrogen and oxygen atoms in total. The highest BCUT2D eigenvalue weighted by molar-refractivity contribution is 5.95. The fraction of sp³-hybridized carbons (Fsp3) is 0. The van der Waals surface area contributed by atoms with Gasteiger partial charge < -0.3 is 5.11 Å². The highest BCUT2D eigenvalue weighted by atomic mass is 19.1. The number of aldehydes is 1. The zero-order valence-corrected chi connectivity index (χ0v) is 8.50. The number of nitrogens with zero attached hydrogens (tertiary/aromatic N) is 2. The second-order valence-corrected chi connectivity index (χ2v) is 3.25. The standard InChI is InChI=1S/C11H7FN2O3/c12-8-3-1-2-4-9(8)14-5-7(6-15)10(13-14)11(16)17/h1-6H,(H,16,17). The van der Waals surface area contributed by atoms with Crippen LogP contribution in [0.15, 0.2) is 30.5 Å². The Labute approximate surface area is 95.1 Å². The van der Waals surface area contributed by atoms with E-state index in [0.29, 0.717) is 6.29 Å². The van der Waals surface area contributed by atoms with Gasteiger partial charge in [-0.05, 0) is 12.1 Å². The lowest BCUT2D eigenvalue weighted by atomic mass is 10.3. The number of benzene rings is 1. The van der Waals surface area contributed by atoms with Crippen molar-refractivity contribution in [1.29, 1.82) is 0 Å². The molecule has 0 unspecified atom stereocenters. The van der Waals surface area contributed by atoms with Crippen LogP contribution in [-0.4, -0.2) is 27.1 Å². The van der Waals surface area contributed by atoms with E-state index in [0.717, 1.165) is 4.68 Å². The number of carbonyl (C=O) groups excluding carboxylic acids is 1. The van der Waals surface area contributed by atoms with Gasteiger partial charge in [-0.2, -0.15) is 5.10 Å². The minimum atomic E-state index is -1.33. The van der Waals surface area contributed by atoms with E-state index in [2.05, 4.69) is 5.10 Å². The molecule has 1 aromatic heterocycles. The molecule has 2 aromatic rings. The average Bonchev–Trinajstić information content (AvgIpc) is 2.73. The fourth-order valence-electron chi connectivity index (χ4n) is 1.40. The lowest BCUT2D eigenvalue weighted by Crippen LogP contribution is -2.03. The summed E-state index contributed by atoms with van der Waals surface area (Å²) in [6.45, 7) is 0. The Morgan fingerprint density at radius 1 is 1.41 bits per heavy atom. The largest absolute Gasteiger partial charge is 0.476 e. The third-order valence-corrected chi connectivity index (χ3v) is 2.17. The summed E-state index contributed by atoms with van der Waals surface area (Å²) < 4.78 is 14.5. The van der Waals surface area contributed by atoms with Crippen LogP contribution in [0.25, 0.3) is 5.69 Å². The van der Waals surface area contributed by atoms with Gasteiger partial charge in [-0.15, -0.1) is 0 Å². The predicted octanol–water partition coefficient (Wildman–Crippen LogP) is 1.52. The molecule has 0 saturated heterocycles. The van der Waals surface area contributed by atoms with E-state index in [1.807, 2.05) is 0 Å². The maximum atomic E-state index is 13.4. The summed E-state index contributed by atoms with van der Waals surface area (Å²) in [6.07, 6.45) is 1.54. The summed E-state index contributed by atoms with van der Waals surface area (Å²) >= 11 is 0. The van der Waals surface area contributed by atoms with E-state index in [-0.39, 0.29) is 11.3 Å². The second-order valence-electron chi connectivity index (χ2n) is 3.25. The van der Waals surface area contributed by atoms with Gasteiger partial charge in [-0.25, -0.2) is 13.9 Å². The number of carboxylic acids is 1. The molecule has 0 bridgehead atoms. The van der Waals surface area contributed by atoms with Crippen molar-refractivity contribution in [1.82, 2.24) is 9.78 Å². The summed E-state index contributed by atoms with van der Waals surface area (Å²) in [5.74, 6) is -1.88. The monoisotopic (exact) mass is 234 g/mol. The molecule has 2 rings (SSSR count). The summed E-state index contributed by atoms with van der Waals surface area (Å²) in [6, 6.07) is 5.74. The van der Waals surface area contributed by atoms with Crippen LogP contribution in [0.5, 0.6) is 0 Å². The van der Waals surface area contributed by atoms with Crippen molar-refractivity contribution in [3.8, 4) is 5.69 Å². The van der Waals surface area contributed by atoms with E-state index in [9.17, 15) is 14.0 Å². The number of rotatable bonds is 3. The molecule has 17 heavy (non-hydrogen) atoms. The molecular formula is C11H7FN2O3. The molecule has 0 aliphatic heterocycles. The van der Waals surface area contributed by atoms with Crippen LogP contribution < -0.4 is 0 Å². The quantitative estimate of drug-likeness (QED) is 0.817. The van der Waals surface area contributed by atoms with Crippen LogP contribution in [0.1, 0.15) is 20.8 Å². The highest BCUT2D eigenvalue weighted by Gasteiger charge is 2.16. The molecule has 0 atom stereocenters. The molecule has 0 saturated carbocycles. The molecule has 0 aliphatic carbocycles. The van der Waals surface area contributed by atoms with Gasteiger partial charge in [0.1, 0.15) is 11.5 Å². The first-order valence-corrected chi connectivity index (χ1v) is 4.66. The number of hydrogen-bond donors (Lipinski definition) is 1. The van der Waals surface area contributed by atoms with Crippen molar-refractivity contribution in [2.24, 2.45) is 0 Å². The fourth-order valence-corrected chi connectivity index (χ4v) is 1.40. The third-order valence-electron chi connectivity index (χ3n) is 2.17. The van der Waals surface area contributed by atoms with Crippen LogP contribution in [0.3, 0.4) is 0 Å². The van der Waals surface area contributed by atoms with Crippen LogP contribution in [-0.2, 0) is 0 Å². The van der Waals surface area contributed by atoms with E-state index in [4.69, 9.17) is 5.11 Å². The van der Waals surface area contributed by atoms with Crippen molar-refractivity contribution in [3.63, 3.8) is 0 Å². The van der Waals surface area contributed by atoms with Crippen LogP contribution in [0, 0.1) is 5.82 Å². The Morgan fingerprint density at radius 3 is 2.65 bits per heavy atom. The van der Waals surface area contributed by atoms with E-state index in [1.54, 1.807) is 6.07 Å². The highest BCUT2D eigenvalue weighted by Crippen LogP contribution is 2.14. The van der Waals surface area contributed by atoms with Crippen molar-refractivity contribution in [3.05, 3.63) is 47.5 Å². The number of aromatic carboxylic acids is 1. The van der Waals surface area contributed by atoms with Gasteiger partial charge in [-0.1, -0.05) is 12.1 Å². The van der Waals surface area contributed by atoms with Gasteiger partial charge in [-0.3, -0.25) is 4.79 Å². The van der Waals surface area contributed by atoms with Gasteiger partial charge in [0.25, 0.3) is 0 Å². The van der Waals surface area contributed by atoms with Crippen molar-refractivity contribution < 1.29 is 19.1 Å². The molecule has 1 N–H and O–H groups in total. The van der Waals surface area contributed by atoms with Gasteiger partial charge in [0.2, 0.25) is 0 Å². The first kappa shape index (κ1) is 11.0. The number of para-hydroxylation sites is 1. The molecule has 6 heteroatoms. The van der Waals surface area contributed by atoms with Crippen LogP contribution >= 0.6 is 0 Å². The minimum Gasteiger partial charge on any atom is -0.476 e.